The molecule has 6 nitrogen and oxygen atoms in total. The van der Waals surface area contributed by atoms with Crippen molar-refractivity contribution in [3.8, 4) is 6.07 Å². The summed E-state index contributed by atoms with van der Waals surface area (Å²) < 4.78 is 0. The van der Waals surface area contributed by atoms with Gasteiger partial charge in [0, 0.05) is 11.4 Å². The Morgan fingerprint density at radius 3 is 2.70 bits per heavy atom. The number of nitriles is 1. The summed E-state index contributed by atoms with van der Waals surface area (Å²) in [7, 11) is 0. The van der Waals surface area contributed by atoms with E-state index < -0.39 is 11.9 Å². The highest BCUT2D eigenvalue weighted by Crippen LogP contribution is 2.33. The molecule has 2 fully saturated rings. The molecule has 1 aliphatic heterocycles. The fourth-order valence-electron chi connectivity index (χ4n) is 2.31. The Bertz CT molecular complexity index is 642. The molecule has 1 saturated carbocycles. The summed E-state index contributed by atoms with van der Waals surface area (Å²) in [6, 6.07) is 2.81. The SMILES string of the molecule is N#Cc1csc(C(=O)N(C2CC2)[C@@H]2CC(=O)NC2=O)c1. The molecule has 20 heavy (non-hydrogen) atoms. The number of imide groups is 1. The minimum atomic E-state index is -0.713. The van der Waals surface area contributed by atoms with E-state index in [2.05, 4.69) is 5.32 Å². The second-order valence-corrected chi connectivity index (χ2v) is 5.80. The maximum absolute atomic E-state index is 12.5. The Morgan fingerprint density at radius 2 is 2.20 bits per heavy atom. The molecular weight excluding hydrogens is 278 g/mol. The van der Waals surface area contributed by atoms with E-state index in [1.807, 2.05) is 6.07 Å². The van der Waals surface area contributed by atoms with Crippen LogP contribution in [0.25, 0.3) is 0 Å². The zero-order valence-electron chi connectivity index (χ0n) is 10.5. The molecule has 1 N–H and O–H groups in total. The first-order valence-corrected chi connectivity index (χ1v) is 7.13. The maximum atomic E-state index is 12.5. The van der Waals surface area contributed by atoms with Crippen LogP contribution in [0.1, 0.15) is 34.5 Å². The van der Waals surface area contributed by atoms with Crippen LogP contribution >= 0.6 is 11.3 Å². The van der Waals surface area contributed by atoms with Crippen molar-refractivity contribution in [2.24, 2.45) is 0 Å². The van der Waals surface area contributed by atoms with E-state index >= 15 is 0 Å². The zero-order chi connectivity index (χ0) is 14.3. The van der Waals surface area contributed by atoms with Gasteiger partial charge in [-0.05, 0) is 18.9 Å². The topological polar surface area (TPSA) is 90.3 Å². The van der Waals surface area contributed by atoms with Gasteiger partial charge in [0.1, 0.15) is 12.1 Å². The Kier molecular flexibility index (Phi) is 3.03. The summed E-state index contributed by atoms with van der Waals surface area (Å²) in [5, 5.41) is 12.6. The van der Waals surface area contributed by atoms with Crippen LogP contribution in [0.2, 0.25) is 0 Å². The lowest BCUT2D eigenvalue weighted by atomic mass is 10.2. The van der Waals surface area contributed by atoms with Gasteiger partial charge in [-0.3, -0.25) is 19.7 Å². The van der Waals surface area contributed by atoms with Crippen molar-refractivity contribution in [2.75, 3.05) is 0 Å². The number of carbonyl (C=O) groups is 3. The number of nitrogens with zero attached hydrogens (tertiary/aromatic N) is 2. The van der Waals surface area contributed by atoms with Crippen molar-refractivity contribution in [2.45, 2.75) is 31.3 Å². The third-order valence-electron chi connectivity index (χ3n) is 3.39. The summed E-state index contributed by atoms with van der Waals surface area (Å²) in [6.45, 7) is 0. The van der Waals surface area contributed by atoms with Gasteiger partial charge in [0.25, 0.3) is 5.91 Å². The molecule has 0 radical (unpaired) electrons. The van der Waals surface area contributed by atoms with Gasteiger partial charge in [-0.2, -0.15) is 5.26 Å². The highest BCUT2D eigenvalue weighted by atomic mass is 32.1. The monoisotopic (exact) mass is 289 g/mol. The molecule has 1 aliphatic carbocycles. The van der Waals surface area contributed by atoms with Crippen molar-refractivity contribution < 1.29 is 14.4 Å². The van der Waals surface area contributed by atoms with Crippen LogP contribution in [0.3, 0.4) is 0 Å². The molecule has 7 heteroatoms. The van der Waals surface area contributed by atoms with E-state index in [-0.39, 0.29) is 24.3 Å². The van der Waals surface area contributed by atoms with Crippen LogP contribution in [0, 0.1) is 11.3 Å². The normalized spacial score (nSPS) is 21.4. The molecule has 2 heterocycles. The predicted octanol–water partition coefficient (Wildman–Crippen LogP) is 0.639. The van der Waals surface area contributed by atoms with Gasteiger partial charge in [0.05, 0.1) is 16.9 Å². The van der Waals surface area contributed by atoms with Crippen molar-refractivity contribution >= 4 is 29.1 Å². The lowest BCUT2D eigenvalue weighted by Gasteiger charge is -2.26. The maximum Gasteiger partial charge on any atom is 0.264 e. The van der Waals surface area contributed by atoms with Crippen LogP contribution in [-0.4, -0.2) is 34.7 Å². The fourth-order valence-corrected chi connectivity index (χ4v) is 3.09. The molecule has 1 aromatic heterocycles. The first-order valence-electron chi connectivity index (χ1n) is 6.25. The third-order valence-corrected chi connectivity index (χ3v) is 4.31. The van der Waals surface area contributed by atoms with Crippen LogP contribution in [0.4, 0.5) is 0 Å². The minimum absolute atomic E-state index is 0.0248. The van der Waals surface area contributed by atoms with Crippen LogP contribution in [0.5, 0.6) is 0 Å². The second kappa shape index (κ2) is 4.72. The Balaban J connectivity index is 1.87. The quantitative estimate of drug-likeness (QED) is 0.827. The summed E-state index contributed by atoms with van der Waals surface area (Å²) in [5.41, 5.74) is 0.432. The van der Waals surface area contributed by atoms with Gasteiger partial charge >= 0.3 is 0 Å². The summed E-state index contributed by atoms with van der Waals surface area (Å²) in [4.78, 5) is 37.6. The van der Waals surface area contributed by atoms with E-state index in [1.54, 1.807) is 5.38 Å². The molecule has 1 saturated heterocycles. The molecule has 0 spiro atoms. The first kappa shape index (κ1) is 12.8. The van der Waals surface area contributed by atoms with Crippen molar-refractivity contribution in [1.82, 2.24) is 10.2 Å². The van der Waals surface area contributed by atoms with Crippen molar-refractivity contribution in [1.29, 1.82) is 5.26 Å². The average molecular weight is 289 g/mol. The standard InChI is InChI=1S/C13H11N3O3S/c14-5-7-3-10(20-6-7)13(19)16(8-1-2-8)9-4-11(17)15-12(9)18/h3,6,8-9H,1-2,4H2,(H,15,17,18)/t9-/m1/s1. The number of carbonyl (C=O) groups excluding carboxylic acids is 3. The highest BCUT2D eigenvalue weighted by molar-refractivity contribution is 7.12. The molecule has 1 aromatic rings. The van der Waals surface area contributed by atoms with Gasteiger partial charge in [-0.25, -0.2) is 0 Å². The van der Waals surface area contributed by atoms with E-state index in [0.29, 0.717) is 10.4 Å². The molecule has 0 unspecified atom stereocenters. The molecule has 0 bridgehead atoms. The number of amides is 3. The number of rotatable bonds is 3. The van der Waals surface area contributed by atoms with E-state index in [4.69, 9.17) is 5.26 Å². The van der Waals surface area contributed by atoms with Gasteiger partial charge in [0.15, 0.2) is 0 Å². The van der Waals surface area contributed by atoms with E-state index in [9.17, 15) is 14.4 Å². The van der Waals surface area contributed by atoms with Crippen molar-refractivity contribution in [3.05, 3.63) is 21.9 Å². The lowest BCUT2D eigenvalue weighted by Crippen LogP contribution is -2.45. The van der Waals surface area contributed by atoms with Gasteiger partial charge in [-0.15, -0.1) is 11.3 Å². The van der Waals surface area contributed by atoms with Gasteiger partial charge in [0.2, 0.25) is 11.8 Å². The summed E-state index contributed by atoms with van der Waals surface area (Å²) >= 11 is 1.19. The molecule has 3 amide bonds. The molecular formula is C13H11N3O3S. The molecule has 1 atom stereocenters. The molecule has 0 aromatic carbocycles. The highest BCUT2D eigenvalue weighted by Gasteiger charge is 2.45. The van der Waals surface area contributed by atoms with E-state index in [1.165, 1.54) is 22.3 Å². The van der Waals surface area contributed by atoms with Gasteiger partial charge < -0.3 is 4.90 Å². The molecule has 102 valence electrons. The number of nitrogens with one attached hydrogen (secondary N) is 1. The molecule has 3 rings (SSSR count). The minimum Gasteiger partial charge on any atom is -0.322 e. The Labute approximate surface area is 119 Å². The lowest BCUT2D eigenvalue weighted by molar-refractivity contribution is -0.126. The fraction of sp³-hybridized carbons (Fsp3) is 0.385. The number of hydrogen-bond donors (Lipinski definition) is 1. The first-order chi connectivity index (χ1) is 9.60. The Hall–Kier alpha value is -2.20. The van der Waals surface area contributed by atoms with E-state index in [0.717, 1.165) is 12.8 Å². The Morgan fingerprint density at radius 1 is 1.45 bits per heavy atom. The largest absolute Gasteiger partial charge is 0.322 e. The molecule has 2 aliphatic rings. The predicted molar refractivity (Wildman–Crippen MR) is 69.8 cm³/mol. The second-order valence-electron chi connectivity index (χ2n) is 4.89. The van der Waals surface area contributed by atoms with Gasteiger partial charge in [-0.1, -0.05) is 0 Å². The van der Waals surface area contributed by atoms with Crippen LogP contribution in [-0.2, 0) is 9.59 Å². The third kappa shape index (κ3) is 2.18. The van der Waals surface area contributed by atoms with Crippen molar-refractivity contribution in [3.63, 3.8) is 0 Å². The number of thiophene rings is 1. The number of hydrogen-bond acceptors (Lipinski definition) is 5. The smallest absolute Gasteiger partial charge is 0.264 e. The summed E-state index contributed by atoms with van der Waals surface area (Å²) in [5.74, 6) is -1.02. The zero-order valence-corrected chi connectivity index (χ0v) is 11.3. The summed E-state index contributed by atoms with van der Waals surface area (Å²) in [6.07, 6.45) is 1.72. The average Bonchev–Trinajstić information content (AvgIpc) is 3.02. The van der Waals surface area contributed by atoms with Crippen LogP contribution in [0.15, 0.2) is 11.4 Å². The van der Waals surface area contributed by atoms with Crippen LogP contribution < -0.4 is 5.32 Å².